The highest BCUT2D eigenvalue weighted by molar-refractivity contribution is 6.00. The topological polar surface area (TPSA) is 49.4 Å². The molecule has 2 saturated carbocycles. The Labute approximate surface area is 136 Å². The summed E-state index contributed by atoms with van der Waals surface area (Å²) in [4.78, 5) is 25.7. The van der Waals surface area contributed by atoms with Crippen molar-refractivity contribution < 1.29 is 9.59 Å². The van der Waals surface area contributed by atoms with Gasteiger partial charge in [0, 0.05) is 30.9 Å². The molecule has 2 fully saturated rings. The molecule has 1 N–H and O–H groups in total. The van der Waals surface area contributed by atoms with Crippen LogP contribution in [-0.2, 0) is 16.0 Å². The minimum atomic E-state index is -0.0137. The van der Waals surface area contributed by atoms with Crippen LogP contribution in [0.4, 0.5) is 11.4 Å². The normalized spacial score (nSPS) is 19.3. The highest BCUT2D eigenvalue weighted by Gasteiger charge is 2.36. The van der Waals surface area contributed by atoms with Crippen LogP contribution in [0.5, 0.6) is 0 Å². The molecular weight excluding hydrogens is 288 g/mol. The molecule has 4 rings (SSSR count). The molecule has 2 aliphatic carbocycles. The molecule has 0 saturated heterocycles. The van der Waals surface area contributed by atoms with Gasteiger partial charge in [0.2, 0.25) is 11.8 Å². The zero-order valence-electron chi connectivity index (χ0n) is 13.5. The van der Waals surface area contributed by atoms with Crippen molar-refractivity contribution in [3.63, 3.8) is 0 Å². The Balaban J connectivity index is 1.48. The Morgan fingerprint density at radius 3 is 2.48 bits per heavy atom. The maximum Gasteiger partial charge on any atom is 0.248 e. The zero-order chi connectivity index (χ0) is 16.0. The zero-order valence-corrected chi connectivity index (χ0v) is 13.5. The van der Waals surface area contributed by atoms with Gasteiger partial charge in [-0.05, 0) is 67.7 Å². The smallest absolute Gasteiger partial charge is 0.248 e. The third-order valence-corrected chi connectivity index (χ3v) is 5.02. The first-order chi connectivity index (χ1) is 11.1. The van der Waals surface area contributed by atoms with Crippen molar-refractivity contribution in [3.05, 3.63) is 35.4 Å². The van der Waals surface area contributed by atoms with Crippen molar-refractivity contribution in [3.8, 4) is 0 Å². The van der Waals surface area contributed by atoms with Crippen LogP contribution in [0.1, 0.15) is 38.2 Å². The fraction of sp³-hybridized carbons (Fsp3) is 0.474. The lowest BCUT2D eigenvalue weighted by Gasteiger charge is -2.15. The van der Waals surface area contributed by atoms with Crippen molar-refractivity contribution >= 4 is 23.2 Å². The standard InChI is InChI=1S/C19H22N2O2/c1-12(22)21-9-8-15-10-16(6-7-18(15)21)20-19(23)11-17(13-2-3-13)14-4-5-14/h6-7,10-11,13-14H,2-5,8-9H2,1H3,(H,20,23). The number of allylic oxidation sites excluding steroid dienone is 1. The predicted octanol–water partition coefficient (Wildman–Crippen LogP) is 3.28. The van der Waals surface area contributed by atoms with Gasteiger partial charge in [-0.25, -0.2) is 0 Å². The maximum absolute atomic E-state index is 12.3. The molecule has 3 aliphatic rings. The highest BCUT2D eigenvalue weighted by Crippen LogP contribution is 2.48. The van der Waals surface area contributed by atoms with E-state index in [2.05, 4.69) is 5.32 Å². The van der Waals surface area contributed by atoms with E-state index in [1.54, 1.807) is 11.8 Å². The van der Waals surface area contributed by atoms with Gasteiger partial charge in [-0.15, -0.1) is 0 Å². The summed E-state index contributed by atoms with van der Waals surface area (Å²) >= 11 is 0. The molecule has 1 aliphatic heterocycles. The summed E-state index contributed by atoms with van der Waals surface area (Å²) in [6.07, 6.45) is 7.67. The van der Waals surface area contributed by atoms with Gasteiger partial charge in [0.1, 0.15) is 0 Å². The summed E-state index contributed by atoms with van der Waals surface area (Å²) in [6, 6.07) is 5.82. The van der Waals surface area contributed by atoms with Crippen LogP contribution in [0.2, 0.25) is 0 Å². The summed E-state index contributed by atoms with van der Waals surface area (Å²) in [7, 11) is 0. The van der Waals surface area contributed by atoms with Crippen LogP contribution in [0.15, 0.2) is 29.8 Å². The molecule has 1 aromatic rings. The van der Waals surface area contributed by atoms with Crippen molar-refractivity contribution in [1.29, 1.82) is 0 Å². The molecule has 0 spiro atoms. The number of fused-ring (bicyclic) bond motifs is 1. The lowest BCUT2D eigenvalue weighted by Crippen LogP contribution is -2.25. The Bertz CT molecular complexity index is 685. The lowest BCUT2D eigenvalue weighted by molar-refractivity contribution is -0.116. The van der Waals surface area contributed by atoms with Crippen molar-refractivity contribution in [1.82, 2.24) is 0 Å². The van der Waals surface area contributed by atoms with E-state index in [4.69, 9.17) is 0 Å². The number of anilines is 2. The Kier molecular flexibility index (Phi) is 3.47. The molecule has 4 heteroatoms. The van der Waals surface area contributed by atoms with Crippen LogP contribution in [-0.4, -0.2) is 18.4 Å². The highest BCUT2D eigenvalue weighted by atomic mass is 16.2. The Morgan fingerprint density at radius 2 is 1.87 bits per heavy atom. The van der Waals surface area contributed by atoms with Crippen LogP contribution >= 0.6 is 0 Å². The van der Waals surface area contributed by atoms with E-state index in [0.29, 0.717) is 11.8 Å². The van der Waals surface area contributed by atoms with Crippen molar-refractivity contribution in [2.75, 3.05) is 16.8 Å². The molecule has 0 radical (unpaired) electrons. The largest absolute Gasteiger partial charge is 0.323 e. The number of rotatable bonds is 4. The Hall–Kier alpha value is -2.10. The van der Waals surface area contributed by atoms with Gasteiger partial charge in [0.15, 0.2) is 0 Å². The average Bonchev–Trinajstić information content (AvgIpc) is 3.41. The number of nitrogens with zero attached hydrogens (tertiary/aromatic N) is 1. The van der Waals surface area contributed by atoms with E-state index in [-0.39, 0.29) is 11.8 Å². The molecule has 0 aromatic heterocycles. The lowest BCUT2D eigenvalue weighted by atomic mass is 10.1. The number of nitrogens with one attached hydrogen (secondary N) is 1. The second-order valence-electron chi connectivity index (χ2n) is 6.95. The number of hydrogen-bond acceptors (Lipinski definition) is 2. The van der Waals surface area contributed by atoms with Gasteiger partial charge in [0.25, 0.3) is 0 Å². The summed E-state index contributed by atoms with van der Waals surface area (Å²) in [5.41, 5.74) is 4.29. The minimum absolute atomic E-state index is 0.0137. The van der Waals surface area contributed by atoms with Crippen LogP contribution in [0.3, 0.4) is 0 Å². The fourth-order valence-electron chi connectivity index (χ4n) is 3.54. The minimum Gasteiger partial charge on any atom is -0.323 e. The molecule has 0 bridgehead atoms. The van der Waals surface area contributed by atoms with Gasteiger partial charge in [-0.2, -0.15) is 0 Å². The third kappa shape index (κ3) is 3.03. The average molecular weight is 310 g/mol. The van der Waals surface area contributed by atoms with E-state index in [0.717, 1.165) is 29.9 Å². The second kappa shape index (κ2) is 5.52. The molecule has 23 heavy (non-hydrogen) atoms. The van der Waals surface area contributed by atoms with E-state index in [1.165, 1.54) is 31.3 Å². The number of hydrogen-bond donors (Lipinski definition) is 1. The molecule has 120 valence electrons. The van der Waals surface area contributed by atoms with Gasteiger partial charge < -0.3 is 10.2 Å². The van der Waals surface area contributed by atoms with Crippen molar-refractivity contribution in [2.24, 2.45) is 11.8 Å². The van der Waals surface area contributed by atoms with E-state index < -0.39 is 0 Å². The molecule has 1 heterocycles. The predicted molar refractivity (Wildman–Crippen MR) is 90.3 cm³/mol. The monoisotopic (exact) mass is 310 g/mol. The van der Waals surface area contributed by atoms with E-state index in [9.17, 15) is 9.59 Å². The Morgan fingerprint density at radius 1 is 1.17 bits per heavy atom. The molecule has 4 nitrogen and oxygen atoms in total. The molecule has 1 aromatic carbocycles. The molecular formula is C19H22N2O2. The molecule has 2 amide bonds. The van der Waals surface area contributed by atoms with E-state index in [1.807, 2.05) is 24.3 Å². The number of carbonyl (C=O) groups is 2. The van der Waals surface area contributed by atoms with Crippen LogP contribution < -0.4 is 10.2 Å². The maximum atomic E-state index is 12.3. The van der Waals surface area contributed by atoms with Crippen LogP contribution in [0, 0.1) is 11.8 Å². The number of benzene rings is 1. The number of amides is 2. The van der Waals surface area contributed by atoms with Gasteiger partial charge in [0.05, 0.1) is 0 Å². The number of carbonyl (C=O) groups excluding carboxylic acids is 2. The molecule has 0 unspecified atom stereocenters. The van der Waals surface area contributed by atoms with Crippen molar-refractivity contribution in [2.45, 2.75) is 39.0 Å². The summed E-state index contributed by atoms with van der Waals surface area (Å²) in [5, 5.41) is 2.99. The first-order valence-electron chi connectivity index (χ1n) is 8.55. The van der Waals surface area contributed by atoms with Gasteiger partial charge >= 0.3 is 0 Å². The van der Waals surface area contributed by atoms with Crippen LogP contribution in [0.25, 0.3) is 0 Å². The SMILES string of the molecule is CC(=O)N1CCc2cc(NC(=O)C=C(C3CC3)C3CC3)ccc21. The van der Waals surface area contributed by atoms with Gasteiger partial charge in [-0.1, -0.05) is 5.57 Å². The first kappa shape index (κ1) is 14.5. The van der Waals surface area contributed by atoms with E-state index >= 15 is 0 Å². The summed E-state index contributed by atoms with van der Waals surface area (Å²) in [6.45, 7) is 2.32. The third-order valence-electron chi connectivity index (χ3n) is 5.02. The molecule has 0 atom stereocenters. The first-order valence-corrected chi connectivity index (χ1v) is 8.55. The quantitative estimate of drug-likeness (QED) is 0.868. The van der Waals surface area contributed by atoms with Gasteiger partial charge in [-0.3, -0.25) is 9.59 Å². The second-order valence-corrected chi connectivity index (χ2v) is 6.95. The summed E-state index contributed by atoms with van der Waals surface area (Å²) < 4.78 is 0. The summed E-state index contributed by atoms with van der Waals surface area (Å²) in [5.74, 6) is 1.39. The fourth-order valence-corrected chi connectivity index (χ4v) is 3.54.